The lowest BCUT2D eigenvalue weighted by atomic mass is 10.1. The van der Waals surface area contributed by atoms with E-state index in [9.17, 15) is 13.2 Å². The van der Waals surface area contributed by atoms with E-state index < -0.39 is 10.0 Å². The Morgan fingerprint density at radius 1 is 0.935 bits per heavy atom. The summed E-state index contributed by atoms with van der Waals surface area (Å²) in [7, 11) is -3.69. The second-order valence-electron chi connectivity index (χ2n) is 6.58. The van der Waals surface area contributed by atoms with Crippen molar-refractivity contribution in [3.05, 3.63) is 82.6 Å². The van der Waals surface area contributed by atoms with Gasteiger partial charge in [0.05, 0.1) is 10.6 Å². The standard InChI is InChI=1S/C21H14N4O3S3/c26-20(24-21-23-16(12-30-21)17-5-3-11-29-17)13-7-9-14(10-8-13)22-19-15-4-1-2-6-18(15)31(27,28)25-19/h1-12H,(H,22,25)(H,23,24,26). The van der Waals surface area contributed by atoms with Gasteiger partial charge in [-0.1, -0.05) is 18.2 Å². The van der Waals surface area contributed by atoms with Crippen LogP contribution in [0.3, 0.4) is 0 Å². The predicted molar refractivity (Wildman–Crippen MR) is 124 cm³/mol. The van der Waals surface area contributed by atoms with Gasteiger partial charge in [0.25, 0.3) is 15.9 Å². The lowest BCUT2D eigenvalue weighted by Crippen LogP contribution is -2.13. The molecule has 1 amide bonds. The molecule has 0 aliphatic carbocycles. The quantitative estimate of drug-likeness (QED) is 0.455. The summed E-state index contributed by atoms with van der Waals surface area (Å²) in [6.45, 7) is 0. The predicted octanol–water partition coefficient (Wildman–Crippen LogP) is 4.68. The monoisotopic (exact) mass is 466 g/mol. The largest absolute Gasteiger partial charge is 0.339 e. The Balaban J connectivity index is 1.29. The fourth-order valence-electron chi connectivity index (χ4n) is 3.08. The van der Waals surface area contributed by atoms with Crippen molar-refractivity contribution in [1.82, 2.24) is 4.98 Å². The van der Waals surface area contributed by atoms with Crippen LogP contribution in [-0.4, -0.2) is 25.1 Å². The summed E-state index contributed by atoms with van der Waals surface area (Å²) < 4.78 is 28.1. The topological polar surface area (TPSA) is 101 Å². The normalized spacial score (nSPS) is 14.0. The molecule has 2 N–H and O–H groups in total. The van der Waals surface area contributed by atoms with Crippen LogP contribution in [0, 0.1) is 0 Å². The molecule has 2 aromatic carbocycles. The number of carbonyl (C=O) groups excluding carboxylic acids is 1. The Bertz CT molecular complexity index is 1410. The summed E-state index contributed by atoms with van der Waals surface area (Å²) in [5.41, 5.74) is 2.44. The number of aromatic nitrogens is 1. The summed E-state index contributed by atoms with van der Waals surface area (Å²) in [6, 6.07) is 17.3. The molecular weight excluding hydrogens is 452 g/mol. The van der Waals surface area contributed by atoms with Crippen molar-refractivity contribution in [2.75, 3.05) is 10.6 Å². The molecule has 0 spiro atoms. The number of nitrogens with zero attached hydrogens (tertiary/aromatic N) is 2. The van der Waals surface area contributed by atoms with Crippen LogP contribution in [0.2, 0.25) is 0 Å². The molecule has 0 unspecified atom stereocenters. The van der Waals surface area contributed by atoms with Crippen LogP contribution in [0.4, 0.5) is 10.8 Å². The molecule has 4 aromatic rings. The van der Waals surface area contributed by atoms with Crippen molar-refractivity contribution in [1.29, 1.82) is 0 Å². The summed E-state index contributed by atoms with van der Waals surface area (Å²) in [4.78, 5) is 18.2. The summed E-state index contributed by atoms with van der Waals surface area (Å²) in [5.74, 6) is -0.0125. The van der Waals surface area contributed by atoms with Crippen molar-refractivity contribution in [3.8, 4) is 10.6 Å². The van der Waals surface area contributed by atoms with E-state index in [0.717, 1.165) is 10.6 Å². The highest BCUT2D eigenvalue weighted by molar-refractivity contribution is 7.90. The zero-order chi connectivity index (χ0) is 21.4. The van der Waals surface area contributed by atoms with Gasteiger partial charge >= 0.3 is 0 Å². The maximum Gasteiger partial charge on any atom is 0.285 e. The van der Waals surface area contributed by atoms with E-state index in [1.165, 1.54) is 17.4 Å². The van der Waals surface area contributed by atoms with Crippen molar-refractivity contribution < 1.29 is 13.2 Å². The zero-order valence-electron chi connectivity index (χ0n) is 15.8. The first kappa shape index (κ1) is 19.6. The highest BCUT2D eigenvalue weighted by atomic mass is 32.2. The van der Waals surface area contributed by atoms with Gasteiger partial charge in [-0.3, -0.25) is 10.1 Å². The fraction of sp³-hybridized carbons (Fsp3) is 0. The van der Waals surface area contributed by atoms with Crippen LogP contribution in [0.1, 0.15) is 15.9 Å². The molecule has 0 fully saturated rings. The number of thiazole rings is 1. The molecule has 10 heteroatoms. The van der Waals surface area contributed by atoms with E-state index in [2.05, 4.69) is 20.0 Å². The number of fused-ring (bicyclic) bond motifs is 1. The molecule has 7 nitrogen and oxygen atoms in total. The Kier molecular flexibility index (Phi) is 4.89. The molecule has 5 rings (SSSR count). The Morgan fingerprint density at radius 3 is 2.52 bits per heavy atom. The number of anilines is 2. The first-order valence-electron chi connectivity index (χ1n) is 9.12. The van der Waals surface area contributed by atoms with Gasteiger partial charge in [0.1, 0.15) is 4.90 Å². The Labute approximate surface area is 186 Å². The number of thiophene rings is 1. The van der Waals surface area contributed by atoms with Crippen LogP contribution in [-0.2, 0) is 10.0 Å². The molecule has 0 saturated heterocycles. The number of benzene rings is 2. The molecule has 0 radical (unpaired) electrons. The highest BCUT2D eigenvalue weighted by Gasteiger charge is 2.28. The lowest BCUT2D eigenvalue weighted by molar-refractivity contribution is 0.102. The van der Waals surface area contributed by atoms with E-state index >= 15 is 0 Å². The number of hydrogen-bond acceptors (Lipinski definition) is 7. The van der Waals surface area contributed by atoms with Gasteiger partial charge in [-0.05, 0) is 47.8 Å². The van der Waals surface area contributed by atoms with Crippen LogP contribution in [0.15, 0.2) is 80.7 Å². The van der Waals surface area contributed by atoms with Crippen LogP contribution in [0.25, 0.3) is 10.6 Å². The van der Waals surface area contributed by atoms with Gasteiger partial charge in [-0.25, -0.2) is 4.98 Å². The fourth-order valence-corrected chi connectivity index (χ4v) is 5.72. The first-order chi connectivity index (χ1) is 15.0. The molecule has 2 aromatic heterocycles. The molecule has 0 bridgehead atoms. The van der Waals surface area contributed by atoms with Gasteiger partial charge in [0, 0.05) is 22.2 Å². The average Bonchev–Trinajstić information content (AvgIpc) is 3.49. The van der Waals surface area contributed by atoms with Gasteiger partial charge in [-0.2, -0.15) is 8.42 Å². The second kappa shape index (κ2) is 7.73. The average molecular weight is 467 g/mol. The number of amides is 1. The number of rotatable bonds is 4. The first-order valence-corrected chi connectivity index (χ1v) is 12.3. The van der Waals surface area contributed by atoms with E-state index in [1.54, 1.807) is 53.8 Å². The maximum atomic E-state index is 12.5. The summed E-state index contributed by atoms with van der Waals surface area (Å²) in [5, 5.41) is 10.2. The molecule has 31 heavy (non-hydrogen) atoms. The van der Waals surface area contributed by atoms with Crippen LogP contribution < -0.4 is 10.6 Å². The van der Waals surface area contributed by atoms with Gasteiger partial charge in [0.15, 0.2) is 11.0 Å². The number of sulfonamides is 1. The Hall–Kier alpha value is -3.34. The minimum atomic E-state index is -3.69. The lowest BCUT2D eigenvalue weighted by Gasteiger charge is -2.07. The van der Waals surface area contributed by atoms with E-state index in [0.29, 0.717) is 21.9 Å². The molecule has 3 heterocycles. The van der Waals surface area contributed by atoms with Crippen LogP contribution >= 0.6 is 22.7 Å². The molecule has 0 saturated carbocycles. The van der Waals surface area contributed by atoms with Crippen molar-refractivity contribution >= 4 is 55.3 Å². The molecule has 0 atom stereocenters. The second-order valence-corrected chi connectivity index (χ2v) is 9.96. The number of amidine groups is 1. The van der Waals surface area contributed by atoms with E-state index in [4.69, 9.17) is 0 Å². The summed E-state index contributed by atoms with van der Waals surface area (Å²) in [6.07, 6.45) is 0. The zero-order valence-corrected chi connectivity index (χ0v) is 18.2. The van der Waals surface area contributed by atoms with Gasteiger partial charge in [-0.15, -0.1) is 27.1 Å². The minimum absolute atomic E-state index is 0.180. The third-order valence-electron chi connectivity index (χ3n) is 4.54. The maximum absolute atomic E-state index is 12.5. The van der Waals surface area contributed by atoms with Crippen molar-refractivity contribution in [2.24, 2.45) is 4.40 Å². The SMILES string of the molecule is O=C(Nc1nc(-c2cccs2)cs1)c1ccc(NC2=NS(=O)(=O)c3ccccc32)cc1. The minimum Gasteiger partial charge on any atom is -0.339 e. The smallest absolute Gasteiger partial charge is 0.285 e. The highest BCUT2D eigenvalue weighted by Crippen LogP contribution is 2.29. The third kappa shape index (κ3) is 3.88. The number of nitrogens with one attached hydrogen (secondary N) is 2. The third-order valence-corrected chi connectivity index (χ3v) is 7.52. The molecule has 154 valence electrons. The Morgan fingerprint density at radius 2 is 1.74 bits per heavy atom. The summed E-state index contributed by atoms with van der Waals surface area (Å²) >= 11 is 2.96. The van der Waals surface area contributed by atoms with Crippen molar-refractivity contribution in [2.45, 2.75) is 4.90 Å². The van der Waals surface area contributed by atoms with Crippen LogP contribution in [0.5, 0.6) is 0 Å². The number of carbonyl (C=O) groups is 1. The van der Waals surface area contributed by atoms with E-state index in [-0.39, 0.29) is 16.6 Å². The molecule has 1 aliphatic rings. The van der Waals surface area contributed by atoms with Gasteiger partial charge < -0.3 is 5.32 Å². The molecule has 1 aliphatic heterocycles. The van der Waals surface area contributed by atoms with E-state index in [1.807, 2.05) is 22.9 Å². The molecular formula is C21H14N4O3S3. The number of hydrogen-bond donors (Lipinski definition) is 2. The van der Waals surface area contributed by atoms with Crippen molar-refractivity contribution in [3.63, 3.8) is 0 Å². The van der Waals surface area contributed by atoms with Gasteiger partial charge in [0.2, 0.25) is 0 Å².